The second-order valence-corrected chi connectivity index (χ2v) is 5.58. The quantitative estimate of drug-likeness (QED) is 0.731. The number of rotatable bonds is 7. The Bertz CT molecular complexity index is 290. The van der Waals surface area contributed by atoms with Crippen LogP contribution in [0.3, 0.4) is 0 Å². The zero-order valence-corrected chi connectivity index (χ0v) is 11.3. The molecule has 0 saturated carbocycles. The van der Waals surface area contributed by atoms with E-state index in [2.05, 4.69) is 26.1 Å². The molecule has 0 aliphatic heterocycles. The first-order chi connectivity index (χ1) is 8.08. The molecule has 1 rings (SSSR count). The van der Waals surface area contributed by atoms with Gasteiger partial charge in [-0.05, 0) is 43.5 Å². The molecule has 0 spiro atoms. The van der Waals surface area contributed by atoms with Gasteiger partial charge in [0.15, 0.2) is 0 Å². The summed E-state index contributed by atoms with van der Waals surface area (Å²) in [5, 5.41) is 3.45. The molecule has 0 unspecified atom stereocenters. The van der Waals surface area contributed by atoms with E-state index in [1.807, 2.05) is 30.3 Å². The van der Waals surface area contributed by atoms with E-state index in [0.717, 1.165) is 31.9 Å². The van der Waals surface area contributed by atoms with E-state index in [0.29, 0.717) is 5.41 Å². The predicted molar refractivity (Wildman–Crippen MR) is 73.5 cm³/mol. The summed E-state index contributed by atoms with van der Waals surface area (Å²) in [5.74, 6) is 0.960. The lowest BCUT2D eigenvalue weighted by atomic mass is 9.92. The second-order valence-electron chi connectivity index (χ2n) is 5.58. The molecule has 0 fully saturated rings. The van der Waals surface area contributed by atoms with Crippen LogP contribution in [0.15, 0.2) is 30.3 Å². The largest absolute Gasteiger partial charge is 0.494 e. The van der Waals surface area contributed by atoms with Crippen LogP contribution in [0.1, 0.15) is 33.6 Å². The van der Waals surface area contributed by atoms with Crippen molar-refractivity contribution in [1.82, 2.24) is 5.32 Å². The summed E-state index contributed by atoms with van der Waals surface area (Å²) in [6.07, 6.45) is 2.27. The molecule has 2 nitrogen and oxygen atoms in total. The molecule has 1 aromatic rings. The van der Waals surface area contributed by atoms with Gasteiger partial charge >= 0.3 is 0 Å². The Kier molecular flexibility index (Phi) is 6.06. The van der Waals surface area contributed by atoms with Gasteiger partial charge in [-0.2, -0.15) is 0 Å². The first-order valence-corrected chi connectivity index (χ1v) is 6.46. The Morgan fingerprint density at radius 2 is 1.76 bits per heavy atom. The predicted octanol–water partition coefficient (Wildman–Crippen LogP) is 3.48. The maximum Gasteiger partial charge on any atom is 0.119 e. The summed E-state index contributed by atoms with van der Waals surface area (Å²) < 4.78 is 5.61. The van der Waals surface area contributed by atoms with E-state index >= 15 is 0 Å². The van der Waals surface area contributed by atoms with Crippen LogP contribution in [-0.2, 0) is 0 Å². The molecule has 0 atom stereocenters. The van der Waals surface area contributed by atoms with Gasteiger partial charge in [0.1, 0.15) is 5.75 Å². The van der Waals surface area contributed by atoms with Crippen molar-refractivity contribution in [2.45, 2.75) is 33.6 Å². The second kappa shape index (κ2) is 7.33. The normalized spacial score (nSPS) is 11.5. The number of nitrogens with one attached hydrogen (secondary N) is 1. The van der Waals surface area contributed by atoms with Gasteiger partial charge in [-0.25, -0.2) is 0 Å². The molecule has 0 aliphatic rings. The average molecular weight is 235 g/mol. The van der Waals surface area contributed by atoms with Gasteiger partial charge < -0.3 is 10.1 Å². The molecule has 96 valence electrons. The van der Waals surface area contributed by atoms with Crippen molar-refractivity contribution in [2.75, 3.05) is 19.7 Å². The fourth-order valence-electron chi connectivity index (χ4n) is 1.49. The van der Waals surface area contributed by atoms with Gasteiger partial charge in [0.25, 0.3) is 0 Å². The minimum atomic E-state index is 0.424. The standard InChI is InChI=1S/C15H25NO/c1-15(2,3)10-12-16-11-7-13-17-14-8-5-4-6-9-14/h4-6,8-9,16H,7,10-13H2,1-3H3. The highest BCUT2D eigenvalue weighted by molar-refractivity contribution is 5.20. The Morgan fingerprint density at radius 1 is 1.06 bits per heavy atom. The fourth-order valence-corrected chi connectivity index (χ4v) is 1.49. The lowest BCUT2D eigenvalue weighted by Gasteiger charge is -2.18. The van der Waals surface area contributed by atoms with Crippen LogP contribution in [-0.4, -0.2) is 19.7 Å². The van der Waals surface area contributed by atoms with Gasteiger partial charge in [0.2, 0.25) is 0 Å². The zero-order chi connectivity index (χ0) is 12.6. The topological polar surface area (TPSA) is 21.3 Å². The fraction of sp³-hybridized carbons (Fsp3) is 0.600. The summed E-state index contributed by atoms with van der Waals surface area (Å²) in [7, 11) is 0. The minimum Gasteiger partial charge on any atom is -0.494 e. The van der Waals surface area contributed by atoms with E-state index < -0.39 is 0 Å². The lowest BCUT2D eigenvalue weighted by Crippen LogP contribution is -2.22. The van der Waals surface area contributed by atoms with Crippen molar-refractivity contribution in [1.29, 1.82) is 0 Å². The molecule has 1 aromatic carbocycles. The summed E-state index contributed by atoms with van der Waals surface area (Å²) in [5.41, 5.74) is 0.424. The van der Waals surface area contributed by atoms with Gasteiger partial charge in [-0.15, -0.1) is 0 Å². The molecule has 2 heteroatoms. The first kappa shape index (κ1) is 14.0. The van der Waals surface area contributed by atoms with Crippen molar-refractivity contribution >= 4 is 0 Å². The molecule has 1 N–H and O–H groups in total. The van der Waals surface area contributed by atoms with Crippen LogP contribution < -0.4 is 10.1 Å². The van der Waals surface area contributed by atoms with Crippen molar-refractivity contribution in [3.8, 4) is 5.75 Å². The van der Waals surface area contributed by atoms with Crippen LogP contribution >= 0.6 is 0 Å². The Balaban J connectivity index is 1.95. The number of hydrogen-bond acceptors (Lipinski definition) is 2. The van der Waals surface area contributed by atoms with Crippen molar-refractivity contribution in [3.63, 3.8) is 0 Å². The maximum atomic E-state index is 5.61. The Hall–Kier alpha value is -1.02. The summed E-state index contributed by atoms with van der Waals surface area (Å²) >= 11 is 0. The number of benzene rings is 1. The van der Waals surface area contributed by atoms with E-state index in [-0.39, 0.29) is 0 Å². The lowest BCUT2D eigenvalue weighted by molar-refractivity contribution is 0.304. The maximum absolute atomic E-state index is 5.61. The molecule has 0 aliphatic carbocycles. The average Bonchev–Trinajstić information content (AvgIpc) is 2.28. The van der Waals surface area contributed by atoms with Crippen molar-refractivity contribution in [3.05, 3.63) is 30.3 Å². The number of hydrogen-bond donors (Lipinski definition) is 1. The third-order valence-corrected chi connectivity index (χ3v) is 2.56. The number of para-hydroxylation sites is 1. The van der Waals surface area contributed by atoms with Crippen molar-refractivity contribution in [2.24, 2.45) is 5.41 Å². The third-order valence-electron chi connectivity index (χ3n) is 2.56. The highest BCUT2D eigenvalue weighted by Crippen LogP contribution is 2.16. The highest BCUT2D eigenvalue weighted by atomic mass is 16.5. The Labute approximate surface area is 105 Å². The van der Waals surface area contributed by atoms with Crippen LogP contribution in [0.4, 0.5) is 0 Å². The van der Waals surface area contributed by atoms with Gasteiger partial charge in [0, 0.05) is 0 Å². The van der Waals surface area contributed by atoms with E-state index in [4.69, 9.17) is 4.74 Å². The van der Waals surface area contributed by atoms with Crippen LogP contribution in [0.5, 0.6) is 5.75 Å². The SMILES string of the molecule is CC(C)(C)CCNCCCOc1ccccc1. The Morgan fingerprint density at radius 3 is 2.41 bits per heavy atom. The van der Waals surface area contributed by atoms with Crippen LogP contribution in [0.25, 0.3) is 0 Å². The molecular weight excluding hydrogens is 210 g/mol. The van der Waals surface area contributed by atoms with Gasteiger partial charge in [-0.3, -0.25) is 0 Å². The van der Waals surface area contributed by atoms with E-state index in [1.165, 1.54) is 6.42 Å². The van der Waals surface area contributed by atoms with E-state index in [1.54, 1.807) is 0 Å². The van der Waals surface area contributed by atoms with Gasteiger partial charge in [0.05, 0.1) is 6.61 Å². The monoisotopic (exact) mass is 235 g/mol. The third kappa shape index (κ3) is 7.81. The molecule has 17 heavy (non-hydrogen) atoms. The molecule has 0 amide bonds. The highest BCUT2D eigenvalue weighted by Gasteiger charge is 2.08. The van der Waals surface area contributed by atoms with Crippen molar-refractivity contribution < 1.29 is 4.74 Å². The molecule has 0 radical (unpaired) electrons. The minimum absolute atomic E-state index is 0.424. The summed E-state index contributed by atoms with van der Waals surface area (Å²) in [6.45, 7) is 9.72. The number of ether oxygens (including phenoxy) is 1. The molecule has 0 bridgehead atoms. The van der Waals surface area contributed by atoms with Gasteiger partial charge in [-0.1, -0.05) is 39.0 Å². The van der Waals surface area contributed by atoms with Crippen LogP contribution in [0.2, 0.25) is 0 Å². The summed E-state index contributed by atoms with van der Waals surface area (Å²) in [4.78, 5) is 0. The molecular formula is C15H25NO. The molecule has 0 heterocycles. The first-order valence-electron chi connectivity index (χ1n) is 6.46. The van der Waals surface area contributed by atoms with Crippen LogP contribution in [0, 0.1) is 5.41 Å². The molecule has 0 aromatic heterocycles. The molecule has 0 saturated heterocycles. The summed E-state index contributed by atoms with van der Waals surface area (Å²) in [6, 6.07) is 9.98. The zero-order valence-electron chi connectivity index (χ0n) is 11.3. The smallest absolute Gasteiger partial charge is 0.119 e. The van der Waals surface area contributed by atoms with E-state index in [9.17, 15) is 0 Å².